The van der Waals surface area contributed by atoms with Crippen LogP contribution in [0.1, 0.15) is 6.42 Å². The number of benzene rings is 1. The zero-order chi connectivity index (χ0) is 18.0. The van der Waals surface area contributed by atoms with E-state index in [-0.39, 0.29) is 31.1 Å². The minimum absolute atomic E-state index is 0.232. The molecule has 1 N–H and O–H groups in total. The smallest absolute Gasteiger partial charge is 0.417 e. The molecule has 4 amide bonds. The van der Waals surface area contributed by atoms with Crippen molar-refractivity contribution < 1.29 is 28.6 Å². The zero-order valence-electron chi connectivity index (χ0n) is 14.0. The molecule has 2 aliphatic rings. The maximum Gasteiger partial charge on any atom is 0.417 e. The Kier molecular flexibility index (Phi) is 4.64. The molecule has 25 heavy (non-hydrogen) atoms. The summed E-state index contributed by atoms with van der Waals surface area (Å²) in [5.41, 5.74) is 0.508. The lowest BCUT2D eigenvalue weighted by molar-refractivity contribution is -0.127. The normalized spacial score (nSPS) is 19.8. The number of cyclic esters (lactones) is 1. The van der Waals surface area contributed by atoms with Gasteiger partial charge in [-0.1, -0.05) is 0 Å². The Balaban J connectivity index is 1.65. The van der Waals surface area contributed by atoms with Gasteiger partial charge in [-0.25, -0.2) is 14.5 Å². The predicted molar refractivity (Wildman–Crippen MR) is 86.7 cm³/mol. The number of likely N-dealkylation sites (tertiary alicyclic amines) is 1. The molecule has 1 atom stereocenters. The third kappa shape index (κ3) is 3.30. The van der Waals surface area contributed by atoms with Gasteiger partial charge in [0.2, 0.25) is 0 Å². The standard InChI is InChI=1S/C16H19N3O6/c1-23-11-3-4-12(13(7-11)24-2)17-15(21)18-6-5-10(8-18)19-14(20)9-25-16(19)22/h3-4,7,10H,5-6,8-9H2,1-2H3,(H,17,21). The number of imide groups is 1. The molecule has 0 bridgehead atoms. The fraction of sp³-hybridized carbons (Fsp3) is 0.438. The molecule has 2 saturated heterocycles. The van der Waals surface area contributed by atoms with Gasteiger partial charge in [-0.3, -0.25) is 4.79 Å². The first-order valence-corrected chi connectivity index (χ1v) is 7.80. The first-order valence-electron chi connectivity index (χ1n) is 7.80. The highest BCUT2D eigenvalue weighted by atomic mass is 16.6. The Hall–Kier alpha value is -2.97. The molecule has 0 spiro atoms. The number of nitrogens with zero attached hydrogens (tertiary/aromatic N) is 2. The number of nitrogens with one attached hydrogen (secondary N) is 1. The summed E-state index contributed by atoms with van der Waals surface area (Å²) < 4.78 is 15.1. The van der Waals surface area contributed by atoms with Gasteiger partial charge >= 0.3 is 12.1 Å². The number of ether oxygens (including phenoxy) is 3. The SMILES string of the molecule is COc1ccc(NC(=O)N2CCC(N3C(=O)COC3=O)C2)c(OC)c1. The van der Waals surface area contributed by atoms with E-state index in [0.29, 0.717) is 30.2 Å². The van der Waals surface area contributed by atoms with Gasteiger partial charge in [-0.2, -0.15) is 0 Å². The summed E-state index contributed by atoms with van der Waals surface area (Å²) in [5.74, 6) is 0.720. The van der Waals surface area contributed by atoms with Crippen molar-refractivity contribution in [3.63, 3.8) is 0 Å². The van der Waals surface area contributed by atoms with E-state index in [4.69, 9.17) is 14.2 Å². The van der Waals surface area contributed by atoms with Crippen LogP contribution in [0.15, 0.2) is 18.2 Å². The van der Waals surface area contributed by atoms with Gasteiger partial charge in [-0.15, -0.1) is 0 Å². The van der Waals surface area contributed by atoms with E-state index in [1.165, 1.54) is 7.11 Å². The number of carbonyl (C=O) groups is 3. The summed E-state index contributed by atoms with van der Waals surface area (Å²) in [6.07, 6.45) is -0.123. The van der Waals surface area contributed by atoms with Crippen LogP contribution >= 0.6 is 0 Å². The molecular weight excluding hydrogens is 330 g/mol. The molecule has 1 aromatic carbocycles. The number of anilines is 1. The Morgan fingerprint density at radius 3 is 2.72 bits per heavy atom. The van der Waals surface area contributed by atoms with Gasteiger partial charge in [0.05, 0.1) is 25.9 Å². The van der Waals surface area contributed by atoms with Crippen molar-refractivity contribution in [2.75, 3.05) is 39.2 Å². The van der Waals surface area contributed by atoms with Crippen molar-refractivity contribution in [2.24, 2.45) is 0 Å². The monoisotopic (exact) mass is 349 g/mol. The molecule has 134 valence electrons. The largest absolute Gasteiger partial charge is 0.497 e. The third-order valence-electron chi connectivity index (χ3n) is 4.25. The second kappa shape index (κ2) is 6.88. The Morgan fingerprint density at radius 1 is 1.28 bits per heavy atom. The fourth-order valence-electron chi connectivity index (χ4n) is 2.95. The minimum Gasteiger partial charge on any atom is -0.497 e. The van der Waals surface area contributed by atoms with Crippen LogP contribution in [0, 0.1) is 0 Å². The molecule has 0 aliphatic carbocycles. The molecule has 0 saturated carbocycles. The summed E-state index contributed by atoms with van der Waals surface area (Å²) in [7, 11) is 3.04. The van der Waals surface area contributed by atoms with Gasteiger partial charge in [-0.05, 0) is 18.6 Å². The van der Waals surface area contributed by atoms with E-state index in [2.05, 4.69) is 5.32 Å². The van der Waals surface area contributed by atoms with Gasteiger partial charge < -0.3 is 24.4 Å². The number of hydrogen-bond donors (Lipinski definition) is 1. The molecule has 0 aromatic heterocycles. The maximum atomic E-state index is 12.5. The van der Waals surface area contributed by atoms with E-state index in [1.54, 1.807) is 30.2 Å². The van der Waals surface area contributed by atoms with Crippen LogP contribution in [-0.2, 0) is 9.53 Å². The lowest BCUT2D eigenvalue weighted by Crippen LogP contribution is -2.42. The van der Waals surface area contributed by atoms with E-state index in [0.717, 1.165) is 4.90 Å². The van der Waals surface area contributed by atoms with Crippen LogP contribution in [0.3, 0.4) is 0 Å². The van der Waals surface area contributed by atoms with Crippen molar-refractivity contribution in [1.29, 1.82) is 0 Å². The van der Waals surface area contributed by atoms with E-state index < -0.39 is 6.09 Å². The second-order valence-electron chi connectivity index (χ2n) is 5.70. The van der Waals surface area contributed by atoms with Gasteiger partial charge in [0.1, 0.15) is 11.5 Å². The van der Waals surface area contributed by atoms with Gasteiger partial charge in [0.15, 0.2) is 6.61 Å². The average molecular weight is 349 g/mol. The Bertz CT molecular complexity index is 691. The maximum absolute atomic E-state index is 12.5. The minimum atomic E-state index is -0.644. The van der Waals surface area contributed by atoms with Crippen molar-refractivity contribution >= 4 is 23.7 Å². The summed E-state index contributed by atoms with van der Waals surface area (Å²) in [4.78, 5) is 38.5. The number of methoxy groups -OCH3 is 2. The summed E-state index contributed by atoms with van der Waals surface area (Å²) in [5, 5.41) is 2.78. The average Bonchev–Trinajstić information content (AvgIpc) is 3.21. The quantitative estimate of drug-likeness (QED) is 0.880. The van der Waals surface area contributed by atoms with Gasteiger partial charge in [0.25, 0.3) is 5.91 Å². The Morgan fingerprint density at radius 2 is 2.08 bits per heavy atom. The molecule has 9 heteroatoms. The molecule has 2 heterocycles. The molecule has 2 fully saturated rings. The first-order chi connectivity index (χ1) is 12.0. The highest BCUT2D eigenvalue weighted by Crippen LogP contribution is 2.29. The van der Waals surface area contributed by atoms with E-state index >= 15 is 0 Å². The molecule has 1 aromatic rings. The van der Waals surface area contributed by atoms with Crippen molar-refractivity contribution in [2.45, 2.75) is 12.5 Å². The van der Waals surface area contributed by atoms with Crippen LogP contribution in [0.4, 0.5) is 15.3 Å². The second-order valence-corrected chi connectivity index (χ2v) is 5.70. The third-order valence-corrected chi connectivity index (χ3v) is 4.25. The highest BCUT2D eigenvalue weighted by molar-refractivity contribution is 5.98. The van der Waals surface area contributed by atoms with E-state index in [1.807, 2.05) is 0 Å². The highest BCUT2D eigenvalue weighted by Gasteiger charge is 2.41. The van der Waals surface area contributed by atoms with Crippen molar-refractivity contribution in [1.82, 2.24) is 9.80 Å². The zero-order valence-corrected chi connectivity index (χ0v) is 14.0. The molecule has 3 rings (SSSR count). The summed E-state index contributed by atoms with van der Waals surface area (Å²) >= 11 is 0. The molecule has 9 nitrogen and oxygen atoms in total. The number of amides is 4. The number of carbonyl (C=O) groups excluding carboxylic acids is 3. The van der Waals surface area contributed by atoms with Crippen LogP contribution in [-0.4, -0.2) is 67.8 Å². The van der Waals surface area contributed by atoms with Crippen LogP contribution in [0.2, 0.25) is 0 Å². The van der Waals surface area contributed by atoms with Crippen LogP contribution < -0.4 is 14.8 Å². The number of rotatable bonds is 4. The van der Waals surface area contributed by atoms with Crippen LogP contribution in [0.5, 0.6) is 11.5 Å². The van der Waals surface area contributed by atoms with Crippen molar-refractivity contribution in [3.05, 3.63) is 18.2 Å². The molecule has 1 unspecified atom stereocenters. The summed E-state index contributed by atoms with van der Waals surface area (Å²) in [6.45, 7) is 0.474. The van der Waals surface area contributed by atoms with E-state index in [9.17, 15) is 14.4 Å². The molecule has 2 aliphatic heterocycles. The first kappa shape index (κ1) is 16.9. The molecular formula is C16H19N3O6. The lowest BCUT2D eigenvalue weighted by Gasteiger charge is -2.21. The lowest BCUT2D eigenvalue weighted by atomic mass is 10.2. The fourth-order valence-corrected chi connectivity index (χ4v) is 2.95. The topological polar surface area (TPSA) is 97.4 Å². The van der Waals surface area contributed by atoms with Crippen molar-refractivity contribution in [3.8, 4) is 11.5 Å². The number of urea groups is 1. The van der Waals surface area contributed by atoms with Crippen LogP contribution in [0.25, 0.3) is 0 Å². The summed E-state index contributed by atoms with van der Waals surface area (Å²) in [6, 6.07) is 4.38. The number of hydrogen-bond acceptors (Lipinski definition) is 6. The Labute approximate surface area is 144 Å². The van der Waals surface area contributed by atoms with Gasteiger partial charge in [0, 0.05) is 19.2 Å². The molecule has 0 radical (unpaired) electrons. The predicted octanol–water partition coefficient (Wildman–Crippen LogP) is 1.29.